The van der Waals surface area contributed by atoms with Crippen LogP contribution in [0, 0.1) is 0 Å². The Balaban J connectivity index is 2.43. The molecule has 1 aromatic heterocycles. The summed E-state index contributed by atoms with van der Waals surface area (Å²) in [5.41, 5.74) is 3.41. The number of hydrogen-bond donors (Lipinski definition) is 0. The number of allylic oxidation sites excluding steroid dienone is 1. The summed E-state index contributed by atoms with van der Waals surface area (Å²) in [4.78, 5) is 4.35. The van der Waals surface area contributed by atoms with Gasteiger partial charge in [-0.05, 0) is 12.1 Å². The fourth-order valence-corrected chi connectivity index (χ4v) is 2.11. The Hall–Kier alpha value is -1.28. The summed E-state index contributed by atoms with van der Waals surface area (Å²) in [6, 6.07) is 6.12. The quantitative estimate of drug-likeness (QED) is 0.645. The van der Waals surface area contributed by atoms with Crippen LogP contribution < -0.4 is 0 Å². The molecule has 3 heteroatoms. The van der Waals surface area contributed by atoms with E-state index in [0.29, 0.717) is 0 Å². The van der Waals surface area contributed by atoms with Gasteiger partial charge in [0.05, 0.1) is 17.4 Å². The first-order chi connectivity index (χ1) is 6.84. The van der Waals surface area contributed by atoms with Crippen molar-refractivity contribution in [3.8, 4) is 0 Å². The van der Waals surface area contributed by atoms with E-state index in [9.17, 15) is 0 Å². The monoisotopic (exact) mass is 204 g/mol. The molecule has 1 aromatic carbocycles. The number of imidazole rings is 1. The van der Waals surface area contributed by atoms with E-state index in [-0.39, 0.29) is 0 Å². The van der Waals surface area contributed by atoms with Gasteiger partial charge in [-0.15, -0.1) is 0 Å². The van der Waals surface area contributed by atoms with Gasteiger partial charge in [0.2, 0.25) is 0 Å². The molecule has 0 saturated carbocycles. The molecule has 70 valence electrons. The van der Waals surface area contributed by atoms with Gasteiger partial charge in [0.15, 0.2) is 0 Å². The van der Waals surface area contributed by atoms with Crippen molar-refractivity contribution < 1.29 is 0 Å². The van der Waals surface area contributed by atoms with Gasteiger partial charge in [0.1, 0.15) is 0 Å². The number of para-hydroxylation sites is 1. The molecule has 0 bridgehead atoms. The molecule has 14 heavy (non-hydrogen) atoms. The molecule has 0 spiro atoms. The molecule has 0 N–H and O–H groups in total. The SMILES string of the molecule is ClC1=Cc2cccc3ncn(c23)CC1. The van der Waals surface area contributed by atoms with Gasteiger partial charge in [-0.25, -0.2) is 4.98 Å². The Morgan fingerprint density at radius 2 is 2.29 bits per heavy atom. The van der Waals surface area contributed by atoms with E-state index in [1.54, 1.807) is 0 Å². The molecule has 3 rings (SSSR count). The third-order valence-electron chi connectivity index (χ3n) is 2.57. The van der Waals surface area contributed by atoms with Crippen LogP contribution in [-0.2, 0) is 6.54 Å². The third-order valence-corrected chi connectivity index (χ3v) is 2.87. The maximum absolute atomic E-state index is 6.08. The van der Waals surface area contributed by atoms with E-state index >= 15 is 0 Å². The molecule has 2 heterocycles. The number of aromatic nitrogens is 2. The van der Waals surface area contributed by atoms with Gasteiger partial charge in [-0.2, -0.15) is 0 Å². The van der Waals surface area contributed by atoms with Crippen molar-refractivity contribution in [2.24, 2.45) is 0 Å². The highest BCUT2D eigenvalue weighted by Crippen LogP contribution is 2.26. The van der Waals surface area contributed by atoms with Crippen LogP contribution in [0.5, 0.6) is 0 Å². The molecule has 2 aromatic rings. The van der Waals surface area contributed by atoms with Gasteiger partial charge in [-0.3, -0.25) is 0 Å². The Labute approximate surface area is 86.8 Å². The zero-order chi connectivity index (χ0) is 9.54. The molecule has 0 radical (unpaired) electrons. The molecule has 1 aliphatic heterocycles. The zero-order valence-electron chi connectivity index (χ0n) is 7.57. The van der Waals surface area contributed by atoms with E-state index in [0.717, 1.165) is 23.5 Å². The highest BCUT2D eigenvalue weighted by molar-refractivity contribution is 6.31. The summed E-state index contributed by atoms with van der Waals surface area (Å²) >= 11 is 6.08. The van der Waals surface area contributed by atoms with Crippen molar-refractivity contribution in [1.82, 2.24) is 9.55 Å². The molecular formula is C11H9ClN2. The molecule has 1 aliphatic rings. The van der Waals surface area contributed by atoms with Crippen LogP contribution >= 0.6 is 11.6 Å². The maximum atomic E-state index is 6.08. The first-order valence-electron chi connectivity index (χ1n) is 4.64. The fourth-order valence-electron chi connectivity index (χ4n) is 1.91. The minimum absolute atomic E-state index is 0.891. The van der Waals surface area contributed by atoms with Gasteiger partial charge in [0, 0.05) is 23.6 Å². The minimum Gasteiger partial charge on any atom is -0.330 e. The van der Waals surface area contributed by atoms with Crippen molar-refractivity contribution in [3.63, 3.8) is 0 Å². The summed E-state index contributed by atoms with van der Waals surface area (Å²) in [6.07, 6.45) is 4.81. The first-order valence-corrected chi connectivity index (χ1v) is 5.02. The highest BCUT2D eigenvalue weighted by atomic mass is 35.5. The Morgan fingerprint density at radius 3 is 3.21 bits per heavy atom. The second-order valence-electron chi connectivity index (χ2n) is 3.49. The van der Waals surface area contributed by atoms with Crippen molar-refractivity contribution in [2.45, 2.75) is 13.0 Å². The standard InChI is InChI=1S/C11H9ClN2/c12-9-4-5-14-7-13-10-3-1-2-8(6-9)11(10)14/h1-3,6-7H,4-5H2. The van der Waals surface area contributed by atoms with Crippen LogP contribution in [-0.4, -0.2) is 9.55 Å². The summed E-state index contributed by atoms with van der Waals surface area (Å²) in [5.74, 6) is 0. The van der Waals surface area contributed by atoms with Crippen molar-refractivity contribution >= 4 is 28.7 Å². The van der Waals surface area contributed by atoms with Crippen molar-refractivity contribution in [2.75, 3.05) is 0 Å². The predicted molar refractivity (Wildman–Crippen MR) is 58.2 cm³/mol. The number of nitrogens with zero attached hydrogens (tertiary/aromatic N) is 2. The average Bonchev–Trinajstić information content (AvgIpc) is 2.51. The van der Waals surface area contributed by atoms with Gasteiger partial charge in [-0.1, -0.05) is 23.7 Å². The first kappa shape index (κ1) is 8.06. The number of aryl methyl sites for hydroxylation is 1. The number of halogens is 1. The molecule has 0 atom stereocenters. The third kappa shape index (κ3) is 1.07. The van der Waals surface area contributed by atoms with E-state index in [1.807, 2.05) is 24.5 Å². The summed E-state index contributed by atoms with van der Waals surface area (Å²) in [6.45, 7) is 0.919. The maximum Gasteiger partial charge on any atom is 0.0958 e. The van der Waals surface area contributed by atoms with E-state index in [1.165, 1.54) is 11.1 Å². The topological polar surface area (TPSA) is 17.8 Å². The van der Waals surface area contributed by atoms with Crippen LogP contribution in [0.25, 0.3) is 17.1 Å². The van der Waals surface area contributed by atoms with Crippen LogP contribution in [0.15, 0.2) is 29.6 Å². The van der Waals surface area contributed by atoms with Crippen LogP contribution in [0.1, 0.15) is 12.0 Å². The van der Waals surface area contributed by atoms with Gasteiger partial charge < -0.3 is 4.57 Å². The second kappa shape index (κ2) is 2.85. The number of rotatable bonds is 0. The smallest absolute Gasteiger partial charge is 0.0958 e. The molecule has 0 fully saturated rings. The summed E-state index contributed by atoms with van der Waals surface area (Å²) < 4.78 is 2.16. The minimum atomic E-state index is 0.891. The number of benzene rings is 1. The predicted octanol–water partition coefficient (Wildman–Crippen LogP) is 3.02. The van der Waals surface area contributed by atoms with E-state index < -0.39 is 0 Å². The summed E-state index contributed by atoms with van der Waals surface area (Å²) in [5, 5.41) is 0.918. The van der Waals surface area contributed by atoms with Gasteiger partial charge >= 0.3 is 0 Å². The molecule has 0 amide bonds. The average molecular weight is 205 g/mol. The Morgan fingerprint density at radius 1 is 1.36 bits per heavy atom. The Bertz CT molecular complexity index is 525. The van der Waals surface area contributed by atoms with Gasteiger partial charge in [0.25, 0.3) is 0 Å². The van der Waals surface area contributed by atoms with Crippen LogP contribution in [0.2, 0.25) is 0 Å². The second-order valence-corrected chi connectivity index (χ2v) is 3.98. The number of hydrogen-bond acceptors (Lipinski definition) is 1. The molecule has 0 unspecified atom stereocenters. The van der Waals surface area contributed by atoms with E-state index in [2.05, 4.69) is 15.6 Å². The molecule has 0 aliphatic carbocycles. The Kier molecular flexibility index (Phi) is 1.64. The fraction of sp³-hybridized carbons (Fsp3) is 0.182. The normalized spacial score (nSPS) is 15.4. The van der Waals surface area contributed by atoms with Crippen molar-refractivity contribution in [3.05, 3.63) is 35.1 Å². The zero-order valence-corrected chi connectivity index (χ0v) is 8.33. The molecule has 0 saturated heterocycles. The lowest BCUT2D eigenvalue weighted by Gasteiger charge is -2.00. The van der Waals surface area contributed by atoms with Crippen LogP contribution in [0.4, 0.5) is 0 Å². The lowest BCUT2D eigenvalue weighted by Crippen LogP contribution is -1.94. The van der Waals surface area contributed by atoms with E-state index in [4.69, 9.17) is 11.6 Å². The van der Waals surface area contributed by atoms with Crippen LogP contribution in [0.3, 0.4) is 0 Å². The molecule has 2 nitrogen and oxygen atoms in total. The summed E-state index contributed by atoms with van der Waals surface area (Å²) in [7, 11) is 0. The highest BCUT2D eigenvalue weighted by Gasteiger charge is 2.10. The molecular weight excluding hydrogens is 196 g/mol. The lowest BCUT2D eigenvalue weighted by atomic mass is 10.2. The van der Waals surface area contributed by atoms with Crippen molar-refractivity contribution in [1.29, 1.82) is 0 Å². The lowest BCUT2D eigenvalue weighted by molar-refractivity contribution is 0.730. The largest absolute Gasteiger partial charge is 0.330 e.